The van der Waals surface area contributed by atoms with Crippen LogP contribution in [0.25, 0.3) is 0 Å². The van der Waals surface area contributed by atoms with Crippen molar-refractivity contribution in [2.75, 3.05) is 18.5 Å². The third-order valence-corrected chi connectivity index (χ3v) is 3.67. The molecule has 1 aliphatic carbocycles. The van der Waals surface area contributed by atoms with Crippen molar-refractivity contribution in [1.82, 2.24) is 4.98 Å². The lowest BCUT2D eigenvalue weighted by atomic mass is 9.85. The molecule has 0 aliphatic heterocycles. The van der Waals surface area contributed by atoms with Crippen LogP contribution in [0, 0.1) is 11.8 Å². The first-order chi connectivity index (χ1) is 9.29. The van der Waals surface area contributed by atoms with Gasteiger partial charge in [0.15, 0.2) is 0 Å². The Morgan fingerprint density at radius 3 is 2.95 bits per heavy atom. The molecule has 2 unspecified atom stereocenters. The number of nitrogens with one attached hydrogen (secondary N) is 1. The van der Waals surface area contributed by atoms with Crippen LogP contribution in [0.15, 0.2) is 30.6 Å². The second-order valence-electron chi connectivity index (χ2n) is 5.33. The number of anilines is 1. The van der Waals surface area contributed by atoms with Gasteiger partial charge in [0, 0.05) is 12.6 Å². The lowest BCUT2D eigenvalue weighted by molar-refractivity contribution is 0.198. The second kappa shape index (κ2) is 7.17. The van der Waals surface area contributed by atoms with Gasteiger partial charge in [0.2, 0.25) is 0 Å². The zero-order valence-electron chi connectivity index (χ0n) is 11.9. The molecular weight excluding hydrogens is 236 g/mol. The summed E-state index contributed by atoms with van der Waals surface area (Å²) in [4.78, 5) is 4.22. The van der Waals surface area contributed by atoms with Crippen molar-refractivity contribution >= 4 is 5.69 Å². The summed E-state index contributed by atoms with van der Waals surface area (Å²) in [6.07, 6.45) is 11.6. The van der Waals surface area contributed by atoms with Gasteiger partial charge in [0.1, 0.15) is 5.75 Å². The Morgan fingerprint density at radius 1 is 1.32 bits per heavy atom. The van der Waals surface area contributed by atoms with Gasteiger partial charge in [0.05, 0.1) is 24.7 Å². The van der Waals surface area contributed by atoms with Crippen molar-refractivity contribution in [2.24, 2.45) is 11.8 Å². The van der Waals surface area contributed by atoms with E-state index in [1.54, 1.807) is 6.20 Å². The van der Waals surface area contributed by atoms with Gasteiger partial charge in [0.25, 0.3) is 0 Å². The Hall–Kier alpha value is -1.51. The zero-order valence-corrected chi connectivity index (χ0v) is 11.9. The molecule has 104 valence electrons. The lowest BCUT2D eigenvalue weighted by Crippen LogP contribution is -2.21. The summed E-state index contributed by atoms with van der Waals surface area (Å²) in [5.74, 6) is 2.19. The summed E-state index contributed by atoms with van der Waals surface area (Å²) in [5.41, 5.74) is 1.04. The van der Waals surface area contributed by atoms with Crippen molar-refractivity contribution in [2.45, 2.75) is 33.1 Å². The molecule has 1 N–H and O–H groups in total. The fourth-order valence-electron chi connectivity index (χ4n) is 2.31. The van der Waals surface area contributed by atoms with Crippen LogP contribution in [0.1, 0.15) is 33.1 Å². The summed E-state index contributed by atoms with van der Waals surface area (Å²) in [6.45, 7) is 6.20. The van der Waals surface area contributed by atoms with E-state index in [-0.39, 0.29) is 0 Å². The minimum atomic E-state index is 0.622. The van der Waals surface area contributed by atoms with Gasteiger partial charge in [-0.3, -0.25) is 4.98 Å². The Kier molecular flexibility index (Phi) is 5.25. The molecule has 2 atom stereocenters. The molecule has 0 radical (unpaired) electrons. The highest BCUT2D eigenvalue weighted by molar-refractivity contribution is 5.45. The highest BCUT2D eigenvalue weighted by Crippen LogP contribution is 2.26. The number of hydrogen-bond acceptors (Lipinski definition) is 3. The van der Waals surface area contributed by atoms with Crippen molar-refractivity contribution in [3.05, 3.63) is 30.6 Å². The molecule has 1 heterocycles. The molecule has 0 saturated carbocycles. The quantitative estimate of drug-likeness (QED) is 0.788. The third-order valence-electron chi connectivity index (χ3n) is 3.67. The molecule has 2 rings (SSSR count). The van der Waals surface area contributed by atoms with E-state index < -0.39 is 0 Å². The van der Waals surface area contributed by atoms with Crippen LogP contribution < -0.4 is 10.1 Å². The number of nitrogens with zero attached hydrogens (tertiary/aromatic N) is 1. The fraction of sp³-hybridized carbons (Fsp3) is 0.562. The van der Waals surface area contributed by atoms with E-state index in [9.17, 15) is 0 Å². The van der Waals surface area contributed by atoms with E-state index in [0.717, 1.165) is 37.4 Å². The molecule has 0 amide bonds. The van der Waals surface area contributed by atoms with E-state index in [0.29, 0.717) is 11.8 Å². The van der Waals surface area contributed by atoms with Gasteiger partial charge in [-0.05, 0) is 31.1 Å². The van der Waals surface area contributed by atoms with Crippen LogP contribution >= 0.6 is 0 Å². The standard InChI is InChI=1S/C16H24N2O/c1-3-8-18-15-9-16(11-17-10-15)19-12-14-7-5-4-6-13(14)2/h4-5,9-11,13-14,18H,3,6-8,12H2,1-2H3. The molecule has 0 fully saturated rings. The van der Waals surface area contributed by atoms with Gasteiger partial charge in [-0.2, -0.15) is 0 Å². The largest absolute Gasteiger partial charge is 0.492 e. The molecule has 0 bridgehead atoms. The van der Waals surface area contributed by atoms with Crippen LogP contribution in [0.5, 0.6) is 5.75 Å². The molecule has 1 aromatic rings. The van der Waals surface area contributed by atoms with Gasteiger partial charge < -0.3 is 10.1 Å². The number of ether oxygens (including phenoxy) is 1. The Balaban J connectivity index is 1.86. The zero-order chi connectivity index (χ0) is 13.5. The Bertz CT molecular complexity index is 417. The number of rotatable bonds is 6. The molecule has 3 heteroatoms. The molecule has 19 heavy (non-hydrogen) atoms. The number of pyridine rings is 1. The van der Waals surface area contributed by atoms with Crippen molar-refractivity contribution < 1.29 is 4.74 Å². The second-order valence-corrected chi connectivity index (χ2v) is 5.33. The smallest absolute Gasteiger partial charge is 0.139 e. The van der Waals surface area contributed by atoms with E-state index in [1.165, 1.54) is 6.42 Å². The molecular formula is C16H24N2O. The first-order valence-electron chi connectivity index (χ1n) is 7.26. The van der Waals surface area contributed by atoms with Crippen LogP contribution in [0.3, 0.4) is 0 Å². The first kappa shape index (κ1) is 13.9. The van der Waals surface area contributed by atoms with Gasteiger partial charge in [-0.25, -0.2) is 0 Å². The Labute approximate surface area is 116 Å². The maximum absolute atomic E-state index is 5.90. The number of allylic oxidation sites excluding steroid dienone is 2. The van der Waals surface area contributed by atoms with E-state index >= 15 is 0 Å². The summed E-state index contributed by atoms with van der Waals surface area (Å²) in [6, 6.07) is 2.03. The lowest BCUT2D eigenvalue weighted by Gasteiger charge is -2.25. The molecule has 0 spiro atoms. The van der Waals surface area contributed by atoms with Crippen LogP contribution in [-0.2, 0) is 0 Å². The average molecular weight is 260 g/mol. The highest BCUT2D eigenvalue weighted by atomic mass is 16.5. The van der Waals surface area contributed by atoms with Crippen molar-refractivity contribution in [1.29, 1.82) is 0 Å². The SMILES string of the molecule is CCCNc1cncc(OCC2CC=CCC2C)c1. The predicted molar refractivity (Wildman–Crippen MR) is 79.5 cm³/mol. The maximum atomic E-state index is 5.90. The highest BCUT2D eigenvalue weighted by Gasteiger charge is 2.18. The number of hydrogen-bond donors (Lipinski definition) is 1. The Morgan fingerprint density at radius 2 is 2.16 bits per heavy atom. The monoisotopic (exact) mass is 260 g/mol. The molecule has 1 aliphatic rings. The van der Waals surface area contributed by atoms with E-state index in [2.05, 4.69) is 36.3 Å². The minimum Gasteiger partial charge on any atom is -0.492 e. The average Bonchev–Trinajstić information content (AvgIpc) is 2.45. The number of aromatic nitrogens is 1. The van der Waals surface area contributed by atoms with Crippen LogP contribution in [0.2, 0.25) is 0 Å². The maximum Gasteiger partial charge on any atom is 0.139 e. The fourth-order valence-corrected chi connectivity index (χ4v) is 2.31. The van der Waals surface area contributed by atoms with E-state index in [1.807, 2.05) is 12.3 Å². The molecule has 0 saturated heterocycles. The minimum absolute atomic E-state index is 0.622. The molecule has 3 nitrogen and oxygen atoms in total. The van der Waals surface area contributed by atoms with Crippen LogP contribution in [0.4, 0.5) is 5.69 Å². The first-order valence-corrected chi connectivity index (χ1v) is 7.26. The summed E-state index contributed by atoms with van der Waals surface area (Å²) in [7, 11) is 0. The molecule has 1 aromatic heterocycles. The van der Waals surface area contributed by atoms with Gasteiger partial charge in [-0.1, -0.05) is 26.0 Å². The van der Waals surface area contributed by atoms with Crippen LogP contribution in [-0.4, -0.2) is 18.1 Å². The molecule has 0 aromatic carbocycles. The van der Waals surface area contributed by atoms with Gasteiger partial charge in [-0.15, -0.1) is 0 Å². The van der Waals surface area contributed by atoms with E-state index in [4.69, 9.17) is 4.74 Å². The summed E-state index contributed by atoms with van der Waals surface area (Å²) >= 11 is 0. The third kappa shape index (κ3) is 4.27. The summed E-state index contributed by atoms with van der Waals surface area (Å²) < 4.78 is 5.90. The van der Waals surface area contributed by atoms with Crippen molar-refractivity contribution in [3.63, 3.8) is 0 Å². The van der Waals surface area contributed by atoms with Gasteiger partial charge >= 0.3 is 0 Å². The predicted octanol–water partition coefficient (Wildman–Crippen LogP) is 3.88. The summed E-state index contributed by atoms with van der Waals surface area (Å²) in [5, 5.41) is 3.33. The normalized spacial score (nSPS) is 22.2. The topological polar surface area (TPSA) is 34.2 Å². The van der Waals surface area contributed by atoms with Crippen molar-refractivity contribution in [3.8, 4) is 5.75 Å².